The van der Waals surface area contributed by atoms with Gasteiger partial charge in [0.1, 0.15) is 48.8 Å². The van der Waals surface area contributed by atoms with Gasteiger partial charge in [-0.05, 0) is 0 Å². The van der Waals surface area contributed by atoms with Crippen molar-refractivity contribution in [3.8, 4) is 0 Å². The minimum Gasteiger partial charge on any atom is -0.382 e. The molecule has 2 saturated heterocycles. The monoisotopic (exact) mass is 454 g/mol. The summed E-state index contributed by atoms with van der Waals surface area (Å²) in [5, 5.41) is 0. The highest BCUT2D eigenvalue weighted by Crippen LogP contribution is 2.33. The predicted octanol–water partition coefficient (Wildman–Crippen LogP) is -0.164. The Balaban J connectivity index is 2.30. The Morgan fingerprint density at radius 1 is 0.452 bits per heavy atom. The van der Waals surface area contributed by atoms with E-state index in [-0.39, 0.29) is 6.61 Å². The van der Waals surface area contributed by atoms with E-state index in [2.05, 4.69) is 0 Å². The van der Waals surface area contributed by atoms with E-state index < -0.39 is 61.4 Å². The fourth-order valence-electron chi connectivity index (χ4n) is 4.31. The first-order valence-electron chi connectivity index (χ1n) is 10.2. The SMILES string of the molecule is COCC1OC(OC2C(OC)OC(COC)C(OC)C2OC)C(OC)C(OC)C1OC. The smallest absolute Gasteiger partial charge is 0.187 e. The van der Waals surface area contributed by atoms with Gasteiger partial charge < -0.3 is 52.1 Å². The highest BCUT2D eigenvalue weighted by atomic mass is 16.8. The molecule has 0 aromatic carbocycles. The molecule has 2 aliphatic heterocycles. The molecular formula is C20H38O11. The van der Waals surface area contributed by atoms with Gasteiger partial charge in [0.15, 0.2) is 12.6 Å². The minimum atomic E-state index is -0.832. The molecule has 0 radical (unpaired) electrons. The molecule has 2 heterocycles. The van der Waals surface area contributed by atoms with Crippen LogP contribution in [0, 0.1) is 0 Å². The summed E-state index contributed by atoms with van der Waals surface area (Å²) in [6, 6.07) is 0. The highest BCUT2D eigenvalue weighted by molar-refractivity contribution is 4.96. The van der Waals surface area contributed by atoms with E-state index in [0.29, 0.717) is 6.61 Å². The van der Waals surface area contributed by atoms with Gasteiger partial charge in [-0.15, -0.1) is 0 Å². The summed E-state index contributed by atoms with van der Waals surface area (Å²) >= 11 is 0. The summed E-state index contributed by atoms with van der Waals surface area (Å²) in [4.78, 5) is 0. The van der Waals surface area contributed by atoms with Crippen molar-refractivity contribution < 1.29 is 52.1 Å². The average molecular weight is 455 g/mol. The van der Waals surface area contributed by atoms with Gasteiger partial charge in [0, 0.05) is 56.9 Å². The van der Waals surface area contributed by atoms with Gasteiger partial charge in [-0.25, -0.2) is 0 Å². The molecule has 11 heteroatoms. The Morgan fingerprint density at radius 2 is 0.871 bits per heavy atom. The van der Waals surface area contributed by atoms with Crippen molar-refractivity contribution >= 4 is 0 Å². The lowest BCUT2D eigenvalue weighted by atomic mass is 9.96. The third kappa shape index (κ3) is 5.92. The van der Waals surface area contributed by atoms with Crippen LogP contribution in [0.1, 0.15) is 0 Å². The summed E-state index contributed by atoms with van der Waals surface area (Å²) in [5.41, 5.74) is 0. The number of methoxy groups -OCH3 is 8. The number of hydrogen-bond acceptors (Lipinski definition) is 11. The van der Waals surface area contributed by atoms with Gasteiger partial charge in [-0.3, -0.25) is 0 Å². The lowest BCUT2D eigenvalue weighted by molar-refractivity contribution is -0.372. The van der Waals surface area contributed by atoms with E-state index >= 15 is 0 Å². The van der Waals surface area contributed by atoms with Crippen molar-refractivity contribution in [3.63, 3.8) is 0 Å². The predicted molar refractivity (Wildman–Crippen MR) is 107 cm³/mol. The Hall–Kier alpha value is -0.440. The molecule has 0 aromatic rings. The fraction of sp³-hybridized carbons (Fsp3) is 1.00. The van der Waals surface area contributed by atoms with E-state index in [4.69, 9.17) is 52.1 Å². The van der Waals surface area contributed by atoms with Gasteiger partial charge in [-0.1, -0.05) is 0 Å². The molecule has 2 rings (SSSR count). The Morgan fingerprint density at radius 3 is 1.26 bits per heavy atom. The van der Waals surface area contributed by atoms with Crippen molar-refractivity contribution in [2.75, 3.05) is 70.1 Å². The molecule has 0 aromatic heterocycles. The van der Waals surface area contributed by atoms with E-state index in [1.54, 1.807) is 49.8 Å². The zero-order chi connectivity index (χ0) is 23.0. The molecule has 10 unspecified atom stereocenters. The first-order valence-corrected chi connectivity index (χ1v) is 10.2. The Kier molecular flexibility index (Phi) is 11.5. The topological polar surface area (TPSA) is 102 Å². The zero-order valence-corrected chi connectivity index (χ0v) is 19.7. The largest absolute Gasteiger partial charge is 0.382 e. The summed E-state index contributed by atoms with van der Waals surface area (Å²) in [6.45, 7) is 0.594. The molecule has 0 saturated carbocycles. The summed E-state index contributed by atoms with van der Waals surface area (Å²) in [6.07, 6.45) is -5.54. The van der Waals surface area contributed by atoms with Crippen LogP contribution in [-0.2, 0) is 52.1 Å². The molecule has 0 amide bonds. The van der Waals surface area contributed by atoms with E-state index in [0.717, 1.165) is 0 Å². The lowest BCUT2D eigenvalue weighted by Crippen LogP contribution is -2.66. The quantitative estimate of drug-likeness (QED) is 0.393. The van der Waals surface area contributed by atoms with E-state index in [1.807, 2.05) is 0 Å². The first-order chi connectivity index (χ1) is 15.0. The lowest BCUT2D eigenvalue weighted by Gasteiger charge is -2.49. The minimum absolute atomic E-state index is 0.286. The van der Waals surface area contributed by atoms with Crippen LogP contribution in [0.4, 0.5) is 0 Å². The maximum absolute atomic E-state index is 6.37. The number of ether oxygens (including phenoxy) is 11. The van der Waals surface area contributed by atoms with Crippen molar-refractivity contribution in [1.29, 1.82) is 0 Å². The molecule has 184 valence electrons. The maximum Gasteiger partial charge on any atom is 0.187 e. The van der Waals surface area contributed by atoms with Gasteiger partial charge in [0.05, 0.1) is 13.2 Å². The first kappa shape index (κ1) is 26.8. The van der Waals surface area contributed by atoms with Crippen LogP contribution >= 0.6 is 0 Å². The van der Waals surface area contributed by atoms with Crippen LogP contribution in [0.15, 0.2) is 0 Å². The Bertz CT molecular complexity index is 496. The zero-order valence-electron chi connectivity index (χ0n) is 19.7. The molecule has 0 spiro atoms. The molecule has 10 atom stereocenters. The maximum atomic E-state index is 6.37. The van der Waals surface area contributed by atoms with Crippen LogP contribution in [0.5, 0.6) is 0 Å². The fourth-order valence-corrected chi connectivity index (χ4v) is 4.31. The van der Waals surface area contributed by atoms with Gasteiger partial charge in [0.25, 0.3) is 0 Å². The third-order valence-electron chi connectivity index (χ3n) is 5.73. The van der Waals surface area contributed by atoms with Gasteiger partial charge in [-0.2, -0.15) is 0 Å². The van der Waals surface area contributed by atoms with Crippen LogP contribution < -0.4 is 0 Å². The van der Waals surface area contributed by atoms with Gasteiger partial charge in [0.2, 0.25) is 0 Å². The number of hydrogen-bond donors (Lipinski definition) is 0. The van der Waals surface area contributed by atoms with E-state index in [9.17, 15) is 0 Å². The van der Waals surface area contributed by atoms with Crippen molar-refractivity contribution in [3.05, 3.63) is 0 Å². The Labute approximate surface area is 184 Å². The van der Waals surface area contributed by atoms with Crippen molar-refractivity contribution in [2.45, 2.75) is 61.4 Å². The molecular weight excluding hydrogens is 416 g/mol. The molecule has 0 aliphatic carbocycles. The molecule has 0 N–H and O–H groups in total. The molecule has 0 bridgehead atoms. The van der Waals surface area contributed by atoms with E-state index in [1.165, 1.54) is 7.11 Å². The van der Waals surface area contributed by atoms with Crippen molar-refractivity contribution in [1.82, 2.24) is 0 Å². The third-order valence-corrected chi connectivity index (χ3v) is 5.73. The second-order valence-corrected chi connectivity index (χ2v) is 7.33. The summed E-state index contributed by atoms with van der Waals surface area (Å²) < 4.78 is 63.2. The second kappa shape index (κ2) is 13.3. The second-order valence-electron chi connectivity index (χ2n) is 7.33. The highest BCUT2D eigenvalue weighted by Gasteiger charge is 2.53. The van der Waals surface area contributed by atoms with Crippen LogP contribution in [0.3, 0.4) is 0 Å². The van der Waals surface area contributed by atoms with Crippen LogP contribution in [0.2, 0.25) is 0 Å². The standard InChI is InChI=1S/C20H38O11/c1-21-9-11-14(24-4)16(26-6)18(19(28-8)29-11)31-20-17(27-7)15(25-5)13(23-3)12(30-20)10-22-2/h11-20H,9-10H2,1-8H3. The normalized spacial score (nSPS) is 41.4. The van der Waals surface area contributed by atoms with Gasteiger partial charge >= 0.3 is 0 Å². The molecule has 2 fully saturated rings. The van der Waals surface area contributed by atoms with Crippen LogP contribution in [0.25, 0.3) is 0 Å². The summed E-state index contributed by atoms with van der Waals surface area (Å²) in [7, 11) is 12.6. The van der Waals surface area contributed by atoms with Crippen molar-refractivity contribution in [2.24, 2.45) is 0 Å². The average Bonchev–Trinajstić information content (AvgIpc) is 2.78. The van der Waals surface area contributed by atoms with Crippen LogP contribution in [-0.4, -0.2) is 132 Å². The molecule has 11 nitrogen and oxygen atoms in total. The molecule has 31 heavy (non-hydrogen) atoms. The molecule has 2 aliphatic rings. The number of rotatable bonds is 12. The summed E-state index contributed by atoms with van der Waals surface area (Å²) in [5.74, 6) is 0.